The number of halogens is 1. The number of benzene rings is 1. The molecule has 4 heteroatoms. The average molecular weight is 322 g/mol. The first-order valence-corrected chi connectivity index (χ1v) is 7.47. The summed E-state index contributed by atoms with van der Waals surface area (Å²) in [6.07, 6.45) is 4.40. The van der Waals surface area contributed by atoms with Crippen LogP contribution in [0, 0.1) is 13.8 Å². The summed E-state index contributed by atoms with van der Waals surface area (Å²) in [5, 5.41) is 3.41. The van der Waals surface area contributed by atoms with Gasteiger partial charge in [-0.1, -0.05) is 29.3 Å². The maximum Gasteiger partial charge on any atom is 0.207 e. The smallest absolute Gasteiger partial charge is 0.207 e. The van der Waals surface area contributed by atoms with Crippen molar-refractivity contribution in [3.05, 3.63) is 40.1 Å². The molecule has 3 nitrogen and oxygen atoms in total. The quantitative estimate of drug-likeness (QED) is 0.824. The van der Waals surface area contributed by atoms with Crippen LogP contribution in [0.1, 0.15) is 31.0 Å². The number of unbranched alkanes of at least 4 members (excludes halogenated alkanes) is 1. The number of rotatable bonds is 5. The van der Waals surface area contributed by atoms with Crippen LogP contribution >= 0.6 is 15.9 Å². The van der Waals surface area contributed by atoms with E-state index in [9.17, 15) is 0 Å². The second-order valence-corrected chi connectivity index (χ2v) is 5.76. The van der Waals surface area contributed by atoms with Gasteiger partial charge in [0.15, 0.2) is 0 Å². The number of nitrogens with one attached hydrogen (secondary N) is 1. The Hall–Kier alpha value is -1.29. The lowest BCUT2D eigenvalue weighted by atomic mass is 10.2. The van der Waals surface area contributed by atoms with Crippen molar-refractivity contribution in [2.45, 2.75) is 33.6 Å². The molecule has 0 bridgehead atoms. The SMILES string of the molecule is CCCCNc1nc(C)cn1-c1cc(C)cc(Br)c1. The topological polar surface area (TPSA) is 29.9 Å². The van der Waals surface area contributed by atoms with Crippen LogP contribution in [0.15, 0.2) is 28.9 Å². The molecule has 0 aliphatic heterocycles. The van der Waals surface area contributed by atoms with Crippen molar-refractivity contribution in [2.24, 2.45) is 0 Å². The molecule has 0 atom stereocenters. The second kappa shape index (κ2) is 6.24. The Morgan fingerprint density at radius 2 is 2.05 bits per heavy atom. The molecule has 1 aromatic heterocycles. The largest absolute Gasteiger partial charge is 0.355 e. The van der Waals surface area contributed by atoms with Gasteiger partial charge in [0.05, 0.1) is 5.69 Å². The number of nitrogens with zero attached hydrogens (tertiary/aromatic N) is 2. The molecule has 0 spiro atoms. The molecular formula is C15H20BrN3. The van der Waals surface area contributed by atoms with Gasteiger partial charge in [-0.15, -0.1) is 0 Å². The normalized spacial score (nSPS) is 10.7. The van der Waals surface area contributed by atoms with Crippen LogP contribution in [-0.4, -0.2) is 16.1 Å². The van der Waals surface area contributed by atoms with Crippen LogP contribution in [0.3, 0.4) is 0 Å². The molecule has 2 aromatic rings. The minimum Gasteiger partial charge on any atom is -0.355 e. The zero-order valence-electron chi connectivity index (χ0n) is 11.7. The molecule has 0 amide bonds. The Morgan fingerprint density at radius 1 is 1.26 bits per heavy atom. The van der Waals surface area contributed by atoms with Crippen LogP contribution in [0.4, 0.5) is 5.95 Å². The molecule has 0 aliphatic rings. The molecule has 2 rings (SSSR count). The van der Waals surface area contributed by atoms with Gasteiger partial charge in [-0.3, -0.25) is 4.57 Å². The zero-order valence-corrected chi connectivity index (χ0v) is 13.3. The zero-order chi connectivity index (χ0) is 13.8. The van der Waals surface area contributed by atoms with Crippen molar-refractivity contribution >= 4 is 21.9 Å². The molecule has 102 valence electrons. The van der Waals surface area contributed by atoms with Crippen LogP contribution in [0.2, 0.25) is 0 Å². The van der Waals surface area contributed by atoms with Crippen molar-refractivity contribution < 1.29 is 0 Å². The summed E-state index contributed by atoms with van der Waals surface area (Å²) in [5.74, 6) is 0.920. The summed E-state index contributed by atoms with van der Waals surface area (Å²) >= 11 is 3.55. The summed E-state index contributed by atoms with van der Waals surface area (Å²) in [4.78, 5) is 4.55. The third-order valence-corrected chi connectivity index (χ3v) is 3.40. The average Bonchev–Trinajstić information content (AvgIpc) is 2.70. The van der Waals surface area contributed by atoms with Gasteiger partial charge in [0.1, 0.15) is 0 Å². The molecule has 0 radical (unpaired) electrons. The van der Waals surface area contributed by atoms with Crippen LogP contribution < -0.4 is 5.32 Å². The van der Waals surface area contributed by atoms with Crippen molar-refractivity contribution in [3.8, 4) is 5.69 Å². The fourth-order valence-corrected chi connectivity index (χ4v) is 2.65. The van der Waals surface area contributed by atoms with E-state index in [-0.39, 0.29) is 0 Å². The van der Waals surface area contributed by atoms with E-state index < -0.39 is 0 Å². The van der Waals surface area contributed by atoms with Crippen LogP contribution in [0.5, 0.6) is 0 Å². The molecule has 19 heavy (non-hydrogen) atoms. The monoisotopic (exact) mass is 321 g/mol. The van der Waals surface area contributed by atoms with Crippen molar-refractivity contribution in [2.75, 3.05) is 11.9 Å². The first kappa shape index (κ1) is 14.1. The van der Waals surface area contributed by atoms with E-state index in [1.165, 1.54) is 12.0 Å². The molecule has 0 saturated carbocycles. The summed E-state index contributed by atoms with van der Waals surface area (Å²) in [5.41, 5.74) is 3.39. The van der Waals surface area contributed by atoms with Crippen molar-refractivity contribution in [3.63, 3.8) is 0 Å². The predicted octanol–water partition coefficient (Wildman–Crippen LogP) is 4.46. The number of imidazole rings is 1. The lowest BCUT2D eigenvalue weighted by Crippen LogP contribution is -2.07. The first-order chi connectivity index (χ1) is 9.10. The van der Waals surface area contributed by atoms with Crippen molar-refractivity contribution in [1.82, 2.24) is 9.55 Å². The third-order valence-electron chi connectivity index (χ3n) is 2.94. The van der Waals surface area contributed by atoms with Gasteiger partial charge in [0.2, 0.25) is 5.95 Å². The molecule has 0 unspecified atom stereocenters. The Kier molecular flexibility index (Phi) is 4.64. The summed E-state index contributed by atoms with van der Waals surface area (Å²) in [6.45, 7) is 7.27. The number of anilines is 1. The number of aryl methyl sites for hydroxylation is 2. The maximum absolute atomic E-state index is 4.55. The van der Waals surface area contributed by atoms with E-state index >= 15 is 0 Å². The van der Waals surface area contributed by atoms with E-state index in [4.69, 9.17) is 0 Å². The van der Waals surface area contributed by atoms with Crippen LogP contribution in [0.25, 0.3) is 5.69 Å². The van der Waals surface area contributed by atoms with Gasteiger partial charge in [-0.25, -0.2) is 4.98 Å². The number of hydrogen-bond donors (Lipinski definition) is 1. The van der Waals surface area contributed by atoms with E-state index in [0.717, 1.165) is 34.8 Å². The first-order valence-electron chi connectivity index (χ1n) is 6.67. The van der Waals surface area contributed by atoms with Crippen molar-refractivity contribution in [1.29, 1.82) is 0 Å². The van der Waals surface area contributed by atoms with Gasteiger partial charge in [-0.2, -0.15) is 0 Å². The fourth-order valence-electron chi connectivity index (χ4n) is 2.05. The van der Waals surface area contributed by atoms with E-state index in [1.54, 1.807) is 0 Å². The summed E-state index contributed by atoms with van der Waals surface area (Å²) in [6, 6.07) is 6.38. The third kappa shape index (κ3) is 3.60. The van der Waals surface area contributed by atoms with Gasteiger partial charge in [0.25, 0.3) is 0 Å². The van der Waals surface area contributed by atoms with E-state index in [2.05, 4.69) is 69.0 Å². The highest BCUT2D eigenvalue weighted by Crippen LogP contribution is 2.22. The molecular weight excluding hydrogens is 302 g/mol. The highest BCUT2D eigenvalue weighted by atomic mass is 79.9. The predicted molar refractivity (Wildman–Crippen MR) is 84.1 cm³/mol. The van der Waals surface area contributed by atoms with Gasteiger partial charge >= 0.3 is 0 Å². The number of hydrogen-bond acceptors (Lipinski definition) is 2. The number of aromatic nitrogens is 2. The highest BCUT2D eigenvalue weighted by molar-refractivity contribution is 9.10. The second-order valence-electron chi connectivity index (χ2n) is 4.84. The standard InChI is InChI=1S/C15H20BrN3/c1-4-5-6-17-15-18-12(3)10-19(15)14-8-11(2)7-13(16)9-14/h7-10H,4-6H2,1-3H3,(H,17,18). The Balaban J connectivity index is 2.32. The minimum atomic E-state index is 0.920. The Labute approximate surface area is 123 Å². The Bertz CT molecular complexity index is 540. The fraction of sp³-hybridized carbons (Fsp3) is 0.400. The summed E-state index contributed by atoms with van der Waals surface area (Å²) < 4.78 is 3.20. The van der Waals surface area contributed by atoms with E-state index in [1.807, 2.05) is 6.92 Å². The molecule has 0 fully saturated rings. The Morgan fingerprint density at radius 3 is 2.74 bits per heavy atom. The highest BCUT2D eigenvalue weighted by Gasteiger charge is 2.08. The van der Waals surface area contributed by atoms with Gasteiger partial charge in [-0.05, 0) is 44.0 Å². The molecule has 1 aromatic carbocycles. The minimum absolute atomic E-state index is 0.920. The maximum atomic E-state index is 4.55. The molecule has 0 saturated heterocycles. The van der Waals surface area contributed by atoms with Gasteiger partial charge in [0, 0.05) is 22.9 Å². The lowest BCUT2D eigenvalue weighted by Gasteiger charge is -2.10. The van der Waals surface area contributed by atoms with E-state index in [0.29, 0.717) is 0 Å². The molecule has 1 heterocycles. The lowest BCUT2D eigenvalue weighted by molar-refractivity contribution is 0.823. The summed E-state index contributed by atoms with van der Waals surface area (Å²) in [7, 11) is 0. The van der Waals surface area contributed by atoms with Crippen LogP contribution in [-0.2, 0) is 0 Å². The van der Waals surface area contributed by atoms with Gasteiger partial charge < -0.3 is 5.32 Å². The molecule has 1 N–H and O–H groups in total. The molecule has 0 aliphatic carbocycles.